The van der Waals surface area contributed by atoms with Crippen LogP contribution in [0.5, 0.6) is 5.75 Å². The number of amides is 2. The zero-order valence-electron chi connectivity index (χ0n) is 16.9. The number of urea groups is 1. The lowest BCUT2D eigenvalue weighted by Gasteiger charge is -2.36. The molecule has 0 spiro atoms. The van der Waals surface area contributed by atoms with E-state index in [0.717, 1.165) is 56.8 Å². The smallest absolute Gasteiger partial charge is 0.318 e. The van der Waals surface area contributed by atoms with E-state index in [1.807, 2.05) is 29.4 Å². The molecule has 2 amide bonds. The zero-order chi connectivity index (χ0) is 19.6. The van der Waals surface area contributed by atoms with Gasteiger partial charge in [-0.3, -0.25) is 0 Å². The number of hydrogen-bond acceptors (Lipinski definition) is 3. The van der Waals surface area contributed by atoms with E-state index in [-0.39, 0.29) is 17.5 Å². The summed E-state index contributed by atoms with van der Waals surface area (Å²) in [6.07, 6.45) is 9.21. The van der Waals surface area contributed by atoms with Gasteiger partial charge in [0.2, 0.25) is 0 Å². The van der Waals surface area contributed by atoms with E-state index in [9.17, 15) is 4.79 Å². The number of likely N-dealkylation sites (tertiary alicyclic amines) is 1. The number of benzene rings is 1. The second-order valence-electron chi connectivity index (χ2n) is 7.95. The van der Waals surface area contributed by atoms with Crippen molar-refractivity contribution >= 4 is 6.03 Å². The summed E-state index contributed by atoms with van der Waals surface area (Å²) in [7, 11) is 1.69. The molecule has 2 aromatic rings. The van der Waals surface area contributed by atoms with E-state index in [2.05, 4.69) is 33.9 Å². The van der Waals surface area contributed by atoms with Crippen LogP contribution in [0.4, 0.5) is 4.79 Å². The van der Waals surface area contributed by atoms with Crippen molar-refractivity contribution in [2.45, 2.75) is 57.0 Å². The Balaban J connectivity index is 1.45. The molecular formula is C22H30N4O2. The van der Waals surface area contributed by atoms with Crippen molar-refractivity contribution in [3.8, 4) is 5.75 Å². The van der Waals surface area contributed by atoms with Gasteiger partial charge in [0.1, 0.15) is 11.6 Å². The molecule has 1 atom stereocenters. The van der Waals surface area contributed by atoms with E-state index in [1.165, 1.54) is 5.56 Å². The van der Waals surface area contributed by atoms with E-state index in [1.54, 1.807) is 7.11 Å². The van der Waals surface area contributed by atoms with Gasteiger partial charge < -0.3 is 19.5 Å². The minimum absolute atomic E-state index is 0.0320. The van der Waals surface area contributed by atoms with Crippen molar-refractivity contribution < 1.29 is 9.53 Å². The number of methoxy groups -OCH3 is 1. The standard InChI is InChI=1S/C22H30N4O2/c1-3-25-14-12-23-20(25)19-9-4-5-13-26(19)21(27)24-16-22(10-11-22)17-7-6-8-18(15-17)28-2/h6-8,12,14-15,19H,3-5,9-11,13,16H2,1-2H3,(H,24,27). The largest absolute Gasteiger partial charge is 0.497 e. The number of carbonyl (C=O) groups excluding carboxylic acids is 1. The van der Waals surface area contributed by atoms with Gasteiger partial charge in [0, 0.05) is 37.4 Å². The molecule has 1 saturated heterocycles. The Bertz CT molecular complexity index is 827. The molecule has 0 radical (unpaired) electrons. The summed E-state index contributed by atoms with van der Waals surface area (Å²) in [5.41, 5.74) is 1.31. The van der Waals surface area contributed by atoms with Crippen molar-refractivity contribution in [2.75, 3.05) is 20.2 Å². The summed E-state index contributed by atoms with van der Waals surface area (Å²) in [5.74, 6) is 1.88. The minimum atomic E-state index is 0.0320. The molecular weight excluding hydrogens is 352 g/mol. The molecule has 0 bridgehead atoms. The highest BCUT2D eigenvalue weighted by molar-refractivity contribution is 5.75. The maximum atomic E-state index is 13.1. The molecule has 1 unspecified atom stereocenters. The average molecular weight is 383 g/mol. The highest BCUT2D eigenvalue weighted by Gasteiger charge is 2.45. The molecule has 2 heterocycles. The number of aromatic nitrogens is 2. The SMILES string of the molecule is CCn1ccnc1C1CCCCN1C(=O)NCC1(c2cccc(OC)c2)CC1. The molecule has 2 fully saturated rings. The first-order chi connectivity index (χ1) is 13.7. The van der Waals surface area contributed by atoms with Crippen LogP contribution in [0.3, 0.4) is 0 Å². The topological polar surface area (TPSA) is 59.4 Å². The normalized spacial score (nSPS) is 20.6. The van der Waals surface area contributed by atoms with Crippen LogP contribution in [-0.2, 0) is 12.0 Å². The predicted octanol–water partition coefficient (Wildman–Crippen LogP) is 3.88. The van der Waals surface area contributed by atoms with Gasteiger partial charge in [0.15, 0.2) is 0 Å². The Kier molecular flexibility index (Phi) is 5.29. The van der Waals surface area contributed by atoms with Gasteiger partial charge >= 0.3 is 6.03 Å². The lowest BCUT2D eigenvalue weighted by molar-refractivity contribution is 0.145. The van der Waals surface area contributed by atoms with Gasteiger partial charge in [-0.2, -0.15) is 0 Å². The Morgan fingerprint density at radius 2 is 2.21 bits per heavy atom. The van der Waals surface area contributed by atoms with Crippen LogP contribution in [0.1, 0.15) is 56.5 Å². The first kappa shape index (κ1) is 18.8. The van der Waals surface area contributed by atoms with Crippen LogP contribution < -0.4 is 10.1 Å². The molecule has 1 aliphatic carbocycles. The monoisotopic (exact) mass is 382 g/mol. The predicted molar refractivity (Wildman–Crippen MR) is 109 cm³/mol. The highest BCUT2D eigenvalue weighted by Crippen LogP contribution is 2.48. The van der Waals surface area contributed by atoms with Crippen molar-refractivity contribution in [1.82, 2.24) is 19.8 Å². The third-order valence-electron chi connectivity index (χ3n) is 6.26. The fourth-order valence-electron chi connectivity index (χ4n) is 4.35. The van der Waals surface area contributed by atoms with Gasteiger partial charge in [-0.1, -0.05) is 12.1 Å². The molecule has 150 valence electrons. The number of hydrogen-bond donors (Lipinski definition) is 1. The van der Waals surface area contributed by atoms with Gasteiger partial charge in [0.05, 0.1) is 13.2 Å². The van der Waals surface area contributed by atoms with Crippen LogP contribution in [0.15, 0.2) is 36.7 Å². The summed E-state index contributed by atoms with van der Waals surface area (Å²) < 4.78 is 7.52. The van der Waals surface area contributed by atoms with Crippen molar-refractivity contribution in [1.29, 1.82) is 0 Å². The maximum Gasteiger partial charge on any atom is 0.318 e. The Morgan fingerprint density at radius 1 is 1.36 bits per heavy atom. The summed E-state index contributed by atoms with van der Waals surface area (Å²) >= 11 is 0. The Labute approximate surface area is 166 Å². The first-order valence-corrected chi connectivity index (χ1v) is 10.4. The number of rotatable bonds is 6. The van der Waals surface area contributed by atoms with E-state index in [0.29, 0.717) is 6.54 Å². The van der Waals surface area contributed by atoms with Gasteiger partial charge in [-0.05, 0) is 56.7 Å². The lowest BCUT2D eigenvalue weighted by atomic mass is 9.95. The summed E-state index contributed by atoms with van der Waals surface area (Å²) in [5, 5.41) is 3.23. The number of imidazole rings is 1. The second kappa shape index (κ2) is 7.86. The molecule has 2 aliphatic rings. The number of nitrogens with one attached hydrogen (secondary N) is 1. The lowest BCUT2D eigenvalue weighted by Crippen LogP contribution is -2.47. The number of piperidine rings is 1. The number of nitrogens with zero attached hydrogens (tertiary/aromatic N) is 3. The summed E-state index contributed by atoms with van der Waals surface area (Å²) in [6, 6.07) is 8.33. The fraction of sp³-hybridized carbons (Fsp3) is 0.545. The van der Waals surface area contributed by atoms with E-state index >= 15 is 0 Å². The van der Waals surface area contributed by atoms with E-state index in [4.69, 9.17) is 4.74 Å². The third-order valence-corrected chi connectivity index (χ3v) is 6.26. The van der Waals surface area contributed by atoms with Gasteiger partial charge in [0.25, 0.3) is 0 Å². The van der Waals surface area contributed by atoms with Crippen molar-refractivity contribution in [2.24, 2.45) is 0 Å². The zero-order valence-corrected chi connectivity index (χ0v) is 16.9. The molecule has 1 aromatic heterocycles. The van der Waals surface area contributed by atoms with Gasteiger partial charge in [-0.25, -0.2) is 9.78 Å². The second-order valence-corrected chi connectivity index (χ2v) is 7.95. The van der Waals surface area contributed by atoms with Crippen molar-refractivity contribution in [3.05, 3.63) is 48.0 Å². The molecule has 6 heteroatoms. The van der Waals surface area contributed by atoms with Crippen molar-refractivity contribution in [3.63, 3.8) is 0 Å². The maximum absolute atomic E-state index is 13.1. The highest BCUT2D eigenvalue weighted by atomic mass is 16.5. The molecule has 1 aromatic carbocycles. The molecule has 1 aliphatic heterocycles. The van der Waals surface area contributed by atoms with Gasteiger partial charge in [-0.15, -0.1) is 0 Å². The summed E-state index contributed by atoms with van der Waals surface area (Å²) in [4.78, 5) is 19.6. The number of ether oxygens (including phenoxy) is 1. The molecule has 1 saturated carbocycles. The third kappa shape index (κ3) is 3.60. The Hall–Kier alpha value is -2.50. The number of carbonyl (C=O) groups is 1. The Morgan fingerprint density at radius 3 is 2.96 bits per heavy atom. The van der Waals surface area contributed by atoms with Crippen LogP contribution in [-0.4, -0.2) is 40.7 Å². The fourth-order valence-corrected chi connectivity index (χ4v) is 4.35. The van der Waals surface area contributed by atoms with Crippen LogP contribution >= 0.6 is 0 Å². The quantitative estimate of drug-likeness (QED) is 0.825. The molecule has 1 N–H and O–H groups in total. The average Bonchev–Trinajstić information content (AvgIpc) is 3.40. The minimum Gasteiger partial charge on any atom is -0.497 e. The van der Waals surface area contributed by atoms with Crippen LogP contribution in [0.25, 0.3) is 0 Å². The summed E-state index contributed by atoms with van der Waals surface area (Å²) in [6.45, 7) is 4.45. The van der Waals surface area contributed by atoms with Crippen LogP contribution in [0, 0.1) is 0 Å². The first-order valence-electron chi connectivity index (χ1n) is 10.4. The number of aryl methyl sites for hydroxylation is 1. The molecule has 6 nitrogen and oxygen atoms in total. The van der Waals surface area contributed by atoms with Crippen LogP contribution in [0.2, 0.25) is 0 Å². The van der Waals surface area contributed by atoms with E-state index < -0.39 is 0 Å². The molecule has 28 heavy (non-hydrogen) atoms. The molecule has 4 rings (SSSR count).